The van der Waals surface area contributed by atoms with Crippen LogP contribution in [0.5, 0.6) is 0 Å². The van der Waals surface area contributed by atoms with Gasteiger partial charge in [-0.3, -0.25) is 9.78 Å². The fourth-order valence-electron chi connectivity index (χ4n) is 2.16. The molecule has 2 aromatic rings. The maximum atomic E-state index is 10.6. The molecule has 0 atom stereocenters. The second kappa shape index (κ2) is 4.61. The molecule has 1 aromatic carbocycles. The van der Waals surface area contributed by atoms with Gasteiger partial charge in [0.25, 0.3) is 6.47 Å². The topological polar surface area (TPSA) is 39.2 Å². The van der Waals surface area contributed by atoms with Crippen molar-refractivity contribution >= 4 is 29.1 Å². The summed E-state index contributed by atoms with van der Waals surface area (Å²) < 4.78 is 5.28. The Labute approximate surface area is 110 Å². The minimum Gasteiger partial charge on any atom is -0.450 e. The molecule has 3 nitrogen and oxygen atoms in total. The van der Waals surface area contributed by atoms with Crippen LogP contribution in [0.15, 0.2) is 41.4 Å². The lowest BCUT2D eigenvalue weighted by Gasteiger charge is -2.38. The zero-order valence-electron chi connectivity index (χ0n) is 9.83. The van der Waals surface area contributed by atoms with Gasteiger partial charge in [-0.15, -0.1) is 0 Å². The molecular weight excluding hydrogens is 246 g/mol. The minimum atomic E-state index is -0.355. The van der Waals surface area contributed by atoms with Crippen molar-refractivity contribution in [2.45, 2.75) is 29.1 Å². The van der Waals surface area contributed by atoms with Gasteiger partial charge < -0.3 is 4.74 Å². The van der Waals surface area contributed by atoms with Crippen molar-refractivity contribution in [1.29, 1.82) is 0 Å². The normalized spacial score (nSPS) is 17.1. The Morgan fingerprint density at radius 1 is 1.28 bits per heavy atom. The van der Waals surface area contributed by atoms with Crippen molar-refractivity contribution in [1.82, 2.24) is 4.98 Å². The fourth-order valence-corrected chi connectivity index (χ4v) is 3.55. The second-order valence-electron chi connectivity index (χ2n) is 4.41. The van der Waals surface area contributed by atoms with Crippen LogP contribution in [0.3, 0.4) is 0 Å². The molecule has 1 heterocycles. The monoisotopic (exact) mass is 259 g/mol. The molecule has 0 aliphatic heterocycles. The Bertz CT molecular complexity index is 576. The number of para-hydroxylation sites is 1. The highest BCUT2D eigenvalue weighted by molar-refractivity contribution is 8.00. The second-order valence-corrected chi connectivity index (χ2v) is 5.79. The third-order valence-electron chi connectivity index (χ3n) is 3.28. The summed E-state index contributed by atoms with van der Waals surface area (Å²) >= 11 is 1.64. The Hall–Kier alpha value is -1.55. The lowest BCUT2D eigenvalue weighted by Crippen LogP contribution is -2.36. The number of hydrogen-bond donors (Lipinski definition) is 0. The standard InChI is InChI=1S/C14H13NO2S/c16-10-17-14(7-3-8-14)18-13-6-9-15-12-5-2-1-4-11(12)13/h1-2,4-6,9-10H,3,7-8H2. The van der Waals surface area contributed by atoms with Crippen molar-refractivity contribution in [2.24, 2.45) is 0 Å². The summed E-state index contributed by atoms with van der Waals surface area (Å²) in [6, 6.07) is 10.0. The van der Waals surface area contributed by atoms with Crippen LogP contribution >= 0.6 is 11.8 Å². The first-order valence-corrected chi connectivity index (χ1v) is 6.79. The number of pyridine rings is 1. The van der Waals surface area contributed by atoms with Crippen LogP contribution in [-0.4, -0.2) is 16.4 Å². The van der Waals surface area contributed by atoms with Gasteiger partial charge >= 0.3 is 0 Å². The number of thioether (sulfide) groups is 1. The highest BCUT2D eigenvalue weighted by atomic mass is 32.2. The van der Waals surface area contributed by atoms with Crippen molar-refractivity contribution in [3.8, 4) is 0 Å². The molecule has 0 unspecified atom stereocenters. The summed E-state index contributed by atoms with van der Waals surface area (Å²) in [6.07, 6.45) is 4.77. The number of benzene rings is 1. The first-order valence-electron chi connectivity index (χ1n) is 5.97. The third kappa shape index (κ3) is 1.97. The highest BCUT2D eigenvalue weighted by Crippen LogP contribution is 2.49. The SMILES string of the molecule is O=COC1(Sc2ccnc3ccccc23)CCC1. The van der Waals surface area contributed by atoms with E-state index < -0.39 is 0 Å². The molecule has 0 spiro atoms. The molecule has 0 radical (unpaired) electrons. The fraction of sp³-hybridized carbons (Fsp3) is 0.286. The maximum absolute atomic E-state index is 10.6. The molecule has 4 heteroatoms. The molecule has 0 saturated heterocycles. The van der Waals surface area contributed by atoms with E-state index in [2.05, 4.69) is 11.1 Å². The van der Waals surface area contributed by atoms with Gasteiger partial charge in [0.15, 0.2) is 4.93 Å². The average molecular weight is 259 g/mol. The van der Waals surface area contributed by atoms with E-state index in [9.17, 15) is 4.79 Å². The molecule has 1 fully saturated rings. The van der Waals surface area contributed by atoms with E-state index in [-0.39, 0.29) is 4.93 Å². The molecule has 0 bridgehead atoms. The third-order valence-corrected chi connectivity index (χ3v) is 4.74. The van der Waals surface area contributed by atoms with Crippen molar-refractivity contribution in [3.05, 3.63) is 36.5 Å². The molecule has 18 heavy (non-hydrogen) atoms. The summed E-state index contributed by atoms with van der Waals surface area (Å²) in [7, 11) is 0. The van der Waals surface area contributed by atoms with Gasteiger partial charge in [0.2, 0.25) is 0 Å². The van der Waals surface area contributed by atoms with Crippen LogP contribution in [0, 0.1) is 0 Å². The van der Waals surface area contributed by atoms with Crippen LogP contribution in [-0.2, 0) is 9.53 Å². The lowest BCUT2D eigenvalue weighted by molar-refractivity contribution is -0.140. The summed E-state index contributed by atoms with van der Waals surface area (Å²) in [5, 5.41) is 1.12. The van der Waals surface area contributed by atoms with Crippen LogP contribution in [0.1, 0.15) is 19.3 Å². The number of ether oxygens (including phenoxy) is 1. The van der Waals surface area contributed by atoms with Crippen molar-refractivity contribution in [3.63, 3.8) is 0 Å². The number of fused-ring (bicyclic) bond motifs is 1. The molecule has 3 rings (SSSR count). The van der Waals surface area contributed by atoms with Gasteiger partial charge in [0.05, 0.1) is 5.52 Å². The molecular formula is C14H13NO2S. The van der Waals surface area contributed by atoms with Crippen molar-refractivity contribution in [2.75, 3.05) is 0 Å². The molecule has 1 aliphatic rings. The quantitative estimate of drug-likeness (QED) is 0.623. The largest absolute Gasteiger partial charge is 0.450 e. The van der Waals surface area contributed by atoms with Gasteiger partial charge in [0, 0.05) is 16.5 Å². The number of rotatable bonds is 4. The van der Waals surface area contributed by atoms with Gasteiger partial charge in [-0.1, -0.05) is 30.0 Å². The Morgan fingerprint density at radius 2 is 2.11 bits per heavy atom. The van der Waals surface area contributed by atoms with Crippen LogP contribution in [0.25, 0.3) is 10.9 Å². The Morgan fingerprint density at radius 3 is 2.83 bits per heavy atom. The summed E-state index contributed by atoms with van der Waals surface area (Å²) in [5.74, 6) is 0. The molecule has 0 amide bonds. The zero-order chi connectivity index (χ0) is 12.4. The first-order chi connectivity index (χ1) is 8.83. The van der Waals surface area contributed by atoms with E-state index in [4.69, 9.17) is 4.74 Å². The highest BCUT2D eigenvalue weighted by Gasteiger charge is 2.40. The first kappa shape index (κ1) is 11.5. The predicted molar refractivity (Wildman–Crippen MR) is 71.3 cm³/mol. The number of hydrogen-bond acceptors (Lipinski definition) is 4. The van der Waals surface area contributed by atoms with E-state index in [1.165, 1.54) is 0 Å². The molecule has 0 N–H and O–H groups in total. The summed E-state index contributed by atoms with van der Waals surface area (Å²) in [6.45, 7) is 0.565. The van der Waals surface area contributed by atoms with Crippen molar-refractivity contribution < 1.29 is 9.53 Å². The smallest absolute Gasteiger partial charge is 0.294 e. The molecule has 92 valence electrons. The van der Waals surface area contributed by atoms with E-state index in [1.807, 2.05) is 24.3 Å². The number of nitrogens with zero attached hydrogens (tertiary/aromatic N) is 1. The zero-order valence-corrected chi connectivity index (χ0v) is 10.7. The predicted octanol–water partition coefficient (Wildman–Crippen LogP) is 3.38. The molecule has 1 saturated carbocycles. The number of carbonyl (C=O) groups is 1. The van der Waals surface area contributed by atoms with E-state index in [0.29, 0.717) is 6.47 Å². The van der Waals surface area contributed by atoms with E-state index >= 15 is 0 Å². The Balaban J connectivity index is 1.97. The Kier molecular flexibility index (Phi) is 2.96. The molecule has 1 aromatic heterocycles. The number of carbonyl (C=O) groups excluding carboxylic acids is 1. The van der Waals surface area contributed by atoms with E-state index in [1.54, 1.807) is 18.0 Å². The summed E-state index contributed by atoms with van der Waals surface area (Å²) in [4.78, 5) is 15.7. The maximum Gasteiger partial charge on any atom is 0.294 e. The van der Waals surface area contributed by atoms with E-state index in [0.717, 1.165) is 35.1 Å². The minimum absolute atomic E-state index is 0.355. The molecule has 1 aliphatic carbocycles. The number of aromatic nitrogens is 1. The van der Waals surface area contributed by atoms with Crippen LogP contribution < -0.4 is 0 Å². The lowest BCUT2D eigenvalue weighted by atomic mass is 9.95. The van der Waals surface area contributed by atoms with Gasteiger partial charge in [0.1, 0.15) is 0 Å². The summed E-state index contributed by atoms with van der Waals surface area (Å²) in [5.41, 5.74) is 0.975. The van der Waals surface area contributed by atoms with Gasteiger partial charge in [-0.25, -0.2) is 0 Å². The van der Waals surface area contributed by atoms with Crippen LogP contribution in [0.4, 0.5) is 0 Å². The van der Waals surface area contributed by atoms with Gasteiger partial charge in [-0.05, 0) is 31.4 Å². The average Bonchev–Trinajstić information content (AvgIpc) is 2.37. The van der Waals surface area contributed by atoms with Crippen LogP contribution in [0.2, 0.25) is 0 Å². The van der Waals surface area contributed by atoms with Gasteiger partial charge in [-0.2, -0.15) is 0 Å².